The van der Waals surface area contributed by atoms with Gasteiger partial charge in [0, 0.05) is 17.7 Å². The van der Waals surface area contributed by atoms with E-state index in [9.17, 15) is 10.1 Å². The predicted octanol–water partition coefficient (Wildman–Crippen LogP) is 3.13. The van der Waals surface area contributed by atoms with Gasteiger partial charge in [0.15, 0.2) is 0 Å². The Balaban J connectivity index is 1.90. The maximum absolute atomic E-state index is 10.8. The van der Waals surface area contributed by atoms with Crippen LogP contribution in [0.15, 0.2) is 48.5 Å². The van der Waals surface area contributed by atoms with Gasteiger partial charge in [0.2, 0.25) is 0 Å². The Bertz CT molecular complexity index is 588. The third kappa shape index (κ3) is 1.75. The Morgan fingerprint density at radius 1 is 1.00 bits per heavy atom. The largest absolute Gasteiger partial charge is 0.360 e. The van der Waals surface area contributed by atoms with E-state index in [0.717, 1.165) is 16.9 Å². The number of para-hydroxylation sites is 2. The Morgan fingerprint density at radius 3 is 2.28 bits per heavy atom. The molecule has 5 nitrogen and oxygen atoms in total. The number of nitro groups is 1. The van der Waals surface area contributed by atoms with Crippen LogP contribution in [-0.2, 0) is 0 Å². The van der Waals surface area contributed by atoms with E-state index in [1.165, 1.54) is 6.07 Å². The van der Waals surface area contributed by atoms with Crippen molar-refractivity contribution in [2.24, 2.45) is 0 Å². The van der Waals surface area contributed by atoms with Gasteiger partial charge in [-0.1, -0.05) is 24.3 Å². The summed E-state index contributed by atoms with van der Waals surface area (Å²) in [4.78, 5) is 10.4. The van der Waals surface area contributed by atoms with Crippen molar-refractivity contribution in [2.75, 3.05) is 10.6 Å². The maximum atomic E-state index is 10.8. The fourth-order valence-electron chi connectivity index (χ4n) is 2.07. The Kier molecular flexibility index (Phi) is 2.37. The molecule has 18 heavy (non-hydrogen) atoms. The number of fused-ring (bicyclic) bond motifs is 1. The number of anilines is 2. The van der Waals surface area contributed by atoms with Gasteiger partial charge in [-0.25, -0.2) is 0 Å². The summed E-state index contributed by atoms with van der Waals surface area (Å²) in [5, 5.41) is 17.3. The summed E-state index contributed by atoms with van der Waals surface area (Å²) in [6.07, 6.45) is -0.123. The van der Waals surface area contributed by atoms with E-state index in [0.29, 0.717) is 0 Å². The maximum Gasteiger partial charge on any atom is 0.269 e. The molecule has 0 fully saturated rings. The van der Waals surface area contributed by atoms with Crippen LogP contribution in [0.2, 0.25) is 0 Å². The van der Waals surface area contributed by atoms with E-state index in [1.54, 1.807) is 12.1 Å². The van der Waals surface area contributed by atoms with Crippen LogP contribution in [0.1, 0.15) is 11.7 Å². The van der Waals surface area contributed by atoms with Crippen LogP contribution in [0, 0.1) is 10.1 Å². The van der Waals surface area contributed by atoms with Crippen molar-refractivity contribution in [1.29, 1.82) is 0 Å². The SMILES string of the molecule is O=[N+]([O-])c1cccc(C2Nc3ccccc3N2)c1. The second-order valence-corrected chi connectivity index (χ2v) is 4.12. The number of rotatable bonds is 2. The van der Waals surface area contributed by atoms with Crippen LogP contribution >= 0.6 is 0 Å². The first-order valence-corrected chi connectivity index (χ1v) is 5.60. The molecule has 1 aliphatic heterocycles. The van der Waals surface area contributed by atoms with Crippen LogP contribution in [0.4, 0.5) is 17.1 Å². The molecule has 2 aromatic carbocycles. The van der Waals surface area contributed by atoms with Crippen molar-refractivity contribution >= 4 is 17.1 Å². The summed E-state index contributed by atoms with van der Waals surface area (Å²) < 4.78 is 0. The lowest BCUT2D eigenvalue weighted by atomic mass is 10.1. The van der Waals surface area contributed by atoms with Crippen molar-refractivity contribution in [2.45, 2.75) is 6.17 Å². The molecule has 1 aliphatic rings. The molecule has 0 unspecified atom stereocenters. The van der Waals surface area contributed by atoms with Gasteiger partial charge in [0.05, 0.1) is 16.3 Å². The molecule has 0 amide bonds. The minimum atomic E-state index is -0.383. The quantitative estimate of drug-likeness (QED) is 0.626. The van der Waals surface area contributed by atoms with Crippen LogP contribution in [0.5, 0.6) is 0 Å². The van der Waals surface area contributed by atoms with Gasteiger partial charge in [-0.15, -0.1) is 0 Å². The normalized spacial score (nSPS) is 13.6. The van der Waals surface area contributed by atoms with Gasteiger partial charge in [-0.05, 0) is 12.1 Å². The number of nitrogens with one attached hydrogen (secondary N) is 2. The summed E-state index contributed by atoms with van der Waals surface area (Å²) in [7, 11) is 0. The zero-order valence-corrected chi connectivity index (χ0v) is 9.46. The number of nitrogens with zero attached hydrogens (tertiary/aromatic N) is 1. The smallest absolute Gasteiger partial charge is 0.269 e. The molecule has 3 rings (SSSR count). The summed E-state index contributed by atoms with van der Waals surface area (Å²) >= 11 is 0. The number of hydrogen-bond donors (Lipinski definition) is 2. The second kappa shape index (κ2) is 4.03. The standard InChI is InChI=1S/C13H11N3O2/c17-16(18)10-5-3-4-9(8-10)13-14-11-6-1-2-7-12(11)15-13/h1-8,13-15H. The molecular formula is C13H11N3O2. The third-order valence-corrected chi connectivity index (χ3v) is 2.94. The first-order chi connectivity index (χ1) is 8.74. The average Bonchev–Trinajstić information content (AvgIpc) is 2.82. The molecule has 1 heterocycles. The lowest BCUT2D eigenvalue weighted by Gasteiger charge is -2.12. The summed E-state index contributed by atoms with van der Waals surface area (Å²) in [5.74, 6) is 0. The third-order valence-electron chi connectivity index (χ3n) is 2.94. The molecule has 0 radical (unpaired) electrons. The van der Waals surface area contributed by atoms with Crippen molar-refractivity contribution in [3.05, 3.63) is 64.2 Å². The molecule has 0 saturated carbocycles. The molecule has 0 aromatic heterocycles. The van der Waals surface area contributed by atoms with E-state index in [2.05, 4.69) is 10.6 Å². The van der Waals surface area contributed by atoms with Gasteiger partial charge >= 0.3 is 0 Å². The van der Waals surface area contributed by atoms with Crippen molar-refractivity contribution in [3.8, 4) is 0 Å². The number of non-ortho nitro benzene ring substituents is 1. The highest BCUT2D eigenvalue weighted by Gasteiger charge is 2.21. The summed E-state index contributed by atoms with van der Waals surface area (Å²) in [5.41, 5.74) is 2.97. The minimum Gasteiger partial charge on any atom is -0.360 e. The molecule has 0 atom stereocenters. The van der Waals surface area contributed by atoms with E-state index in [4.69, 9.17) is 0 Å². The van der Waals surface area contributed by atoms with Gasteiger partial charge in [-0.3, -0.25) is 10.1 Å². The van der Waals surface area contributed by atoms with Crippen LogP contribution < -0.4 is 10.6 Å². The van der Waals surface area contributed by atoms with E-state index in [-0.39, 0.29) is 16.8 Å². The highest BCUT2D eigenvalue weighted by Crippen LogP contribution is 2.35. The molecular weight excluding hydrogens is 230 g/mol. The second-order valence-electron chi connectivity index (χ2n) is 4.12. The lowest BCUT2D eigenvalue weighted by Crippen LogP contribution is -2.12. The fourth-order valence-corrected chi connectivity index (χ4v) is 2.07. The lowest BCUT2D eigenvalue weighted by molar-refractivity contribution is -0.384. The molecule has 0 aliphatic carbocycles. The molecule has 2 N–H and O–H groups in total. The average molecular weight is 241 g/mol. The van der Waals surface area contributed by atoms with E-state index in [1.807, 2.05) is 30.3 Å². The Labute approximate surface area is 104 Å². The van der Waals surface area contributed by atoms with Gasteiger partial charge in [0.1, 0.15) is 6.17 Å². The van der Waals surface area contributed by atoms with Gasteiger partial charge < -0.3 is 10.6 Å². The van der Waals surface area contributed by atoms with Crippen LogP contribution in [-0.4, -0.2) is 4.92 Å². The molecule has 0 spiro atoms. The fraction of sp³-hybridized carbons (Fsp3) is 0.0769. The molecule has 5 heteroatoms. The van der Waals surface area contributed by atoms with Crippen molar-refractivity contribution < 1.29 is 4.92 Å². The summed E-state index contributed by atoms with van der Waals surface area (Å²) in [6, 6.07) is 14.5. The van der Waals surface area contributed by atoms with Gasteiger partial charge in [0.25, 0.3) is 5.69 Å². The van der Waals surface area contributed by atoms with Crippen LogP contribution in [0.3, 0.4) is 0 Å². The number of nitro benzene ring substituents is 1. The predicted molar refractivity (Wildman–Crippen MR) is 69.5 cm³/mol. The van der Waals surface area contributed by atoms with Crippen molar-refractivity contribution in [1.82, 2.24) is 0 Å². The monoisotopic (exact) mass is 241 g/mol. The first kappa shape index (κ1) is 10.6. The zero-order valence-electron chi connectivity index (χ0n) is 9.46. The van der Waals surface area contributed by atoms with Gasteiger partial charge in [-0.2, -0.15) is 0 Å². The molecule has 0 saturated heterocycles. The minimum absolute atomic E-state index is 0.104. The number of benzene rings is 2. The highest BCUT2D eigenvalue weighted by atomic mass is 16.6. The molecule has 2 aromatic rings. The van der Waals surface area contributed by atoms with Crippen molar-refractivity contribution in [3.63, 3.8) is 0 Å². The van der Waals surface area contributed by atoms with Crippen LogP contribution in [0.25, 0.3) is 0 Å². The summed E-state index contributed by atoms with van der Waals surface area (Å²) in [6.45, 7) is 0. The highest BCUT2D eigenvalue weighted by molar-refractivity contribution is 5.74. The Morgan fingerprint density at radius 2 is 1.67 bits per heavy atom. The first-order valence-electron chi connectivity index (χ1n) is 5.60. The topological polar surface area (TPSA) is 67.2 Å². The van der Waals surface area contributed by atoms with E-state index >= 15 is 0 Å². The number of hydrogen-bond acceptors (Lipinski definition) is 4. The Hall–Kier alpha value is -2.56. The molecule has 90 valence electrons. The zero-order chi connectivity index (χ0) is 12.5. The molecule has 0 bridgehead atoms. The van der Waals surface area contributed by atoms with E-state index < -0.39 is 0 Å².